The lowest BCUT2D eigenvalue weighted by atomic mass is 9.86. The van der Waals surface area contributed by atoms with E-state index < -0.39 is 87.4 Å². The highest BCUT2D eigenvalue weighted by Gasteiger charge is 2.36. The molecule has 0 radical (unpaired) electrons. The third-order valence-electron chi connectivity index (χ3n) is 5.78. The highest BCUT2D eigenvalue weighted by molar-refractivity contribution is 5.94. The molecule has 0 aliphatic rings. The number of halogens is 6. The molecule has 3 rings (SSSR count). The molecular weight excluding hydrogens is 494 g/mol. The third kappa shape index (κ3) is 5.18. The maximum absolute atomic E-state index is 14.0. The van der Waals surface area contributed by atoms with E-state index in [4.69, 9.17) is 0 Å². The number of alkyl halides is 3. The van der Waals surface area contributed by atoms with Gasteiger partial charge in [0.15, 0.2) is 0 Å². The first-order valence-electron chi connectivity index (χ1n) is 10.6. The van der Waals surface area contributed by atoms with Gasteiger partial charge in [0.1, 0.15) is 23.0 Å². The summed E-state index contributed by atoms with van der Waals surface area (Å²) >= 11 is 0. The van der Waals surface area contributed by atoms with Gasteiger partial charge in [-0.1, -0.05) is 20.8 Å². The fourth-order valence-corrected chi connectivity index (χ4v) is 3.89. The first-order valence-corrected chi connectivity index (χ1v) is 10.6. The van der Waals surface area contributed by atoms with Crippen molar-refractivity contribution < 1.29 is 41.4 Å². The van der Waals surface area contributed by atoms with Gasteiger partial charge in [-0.2, -0.15) is 13.2 Å². The van der Waals surface area contributed by atoms with Crippen molar-refractivity contribution in [2.24, 2.45) is 5.41 Å². The molecule has 0 aliphatic heterocycles. The lowest BCUT2D eigenvalue weighted by Gasteiger charge is -2.33. The van der Waals surface area contributed by atoms with Gasteiger partial charge < -0.3 is 20.1 Å². The zero-order valence-corrected chi connectivity index (χ0v) is 19.3. The predicted octanol–water partition coefficient (Wildman–Crippen LogP) is 5.33. The number of aliphatic hydroxyl groups excluding tert-OH is 1. The van der Waals surface area contributed by atoms with Crippen molar-refractivity contribution >= 4 is 22.6 Å². The second-order valence-electron chi connectivity index (χ2n) is 9.26. The predicted molar refractivity (Wildman–Crippen MR) is 119 cm³/mol. The SMILES string of the molecule is CC(C)(C)[C@@H](CO)n1cc(C(=O)O)c(=O)c2cc(NCc3c(F)cc(F)cc3F)c(C(F)(F)F)cc21. The van der Waals surface area contributed by atoms with Gasteiger partial charge in [-0.25, -0.2) is 18.0 Å². The van der Waals surface area contributed by atoms with Crippen LogP contribution in [0.25, 0.3) is 10.9 Å². The van der Waals surface area contributed by atoms with Crippen molar-refractivity contribution in [3.05, 3.63) is 74.8 Å². The monoisotopic (exact) mass is 516 g/mol. The summed E-state index contributed by atoms with van der Waals surface area (Å²) in [4.78, 5) is 24.6. The minimum absolute atomic E-state index is 0.295. The molecule has 1 aromatic heterocycles. The summed E-state index contributed by atoms with van der Waals surface area (Å²) in [5, 5.41) is 21.3. The van der Waals surface area contributed by atoms with E-state index in [1.807, 2.05) is 0 Å². The Hall–Kier alpha value is -3.54. The number of fused-ring (bicyclic) bond motifs is 1. The molecule has 0 amide bonds. The molecule has 3 aromatic rings. The number of carboxylic acid groups (broad SMARTS) is 1. The van der Waals surface area contributed by atoms with E-state index in [9.17, 15) is 46.1 Å². The van der Waals surface area contributed by atoms with E-state index in [2.05, 4.69) is 5.32 Å². The molecule has 0 saturated heterocycles. The van der Waals surface area contributed by atoms with Gasteiger partial charge in [0.2, 0.25) is 5.43 Å². The standard InChI is InChI=1S/C24H22F6N2O4/c1-23(2,3)20(10-33)32-9-14(22(35)36)21(34)12-6-18(15(7-19(12)32)24(28,29)30)31-8-13-16(26)4-11(25)5-17(13)27/h4-7,9,20,31,33H,8,10H2,1-3H3,(H,35,36)/t20-/m1/s1. The van der Waals surface area contributed by atoms with Crippen molar-refractivity contribution in [2.45, 2.75) is 39.5 Å². The molecule has 0 aliphatic carbocycles. The zero-order valence-electron chi connectivity index (χ0n) is 19.3. The Balaban J connectivity index is 2.31. The number of aromatic carboxylic acids is 1. The van der Waals surface area contributed by atoms with Crippen molar-refractivity contribution in [1.82, 2.24) is 4.57 Å². The number of nitrogens with one attached hydrogen (secondary N) is 1. The number of nitrogens with zero attached hydrogens (tertiary/aromatic N) is 1. The van der Waals surface area contributed by atoms with Crippen LogP contribution in [0.2, 0.25) is 0 Å². The highest BCUT2D eigenvalue weighted by atomic mass is 19.4. The fraction of sp³-hybridized carbons (Fsp3) is 0.333. The van der Waals surface area contributed by atoms with Crippen molar-refractivity contribution in [1.29, 1.82) is 0 Å². The molecule has 12 heteroatoms. The minimum Gasteiger partial charge on any atom is -0.477 e. The average Bonchev–Trinajstić information content (AvgIpc) is 2.72. The molecule has 0 spiro atoms. The Bertz CT molecular complexity index is 1370. The van der Waals surface area contributed by atoms with Crippen LogP contribution in [0.15, 0.2) is 35.3 Å². The zero-order chi connectivity index (χ0) is 27.2. The molecule has 1 heterocycles. The van der Waals surface area contributed by atoms with Gasteiger partial charge in [0.25, 0.3) is 0 Å². The molecule has 0 saturated carbocycles. The topological polar surface area (TPSA) is 91.6 Å². The number of pyridine rings is 1. The number of anilines is 1. The number of hydrogen-bond donors (Lipinski definition) is 3. The summed E-state index contributed by atoms with van der Waals surface area (Å²) in [5.41, 5.74) is -5.69. The first kappa shape index (κ1) is 27.1. The lowest BCUT2D eigenvalue weighted by Crippen LogP contribution is -2.30. The highest BCUT2D eigenvalue weighted by Crippen LogP contribution is 2.39. The van der Waals surface area contributed by atoms with Crippen molar-refractivity contribution in [2.75, 3.05) is 11.9 Å². The van der Waals surface area contributed by atoms with Crippen LogP contribution >= 0.6 is 0 Å². The van der Waals surface area contributed by atoms with Crippen molar-refractivity contribution in [3.8, 4) is 0 Å². The van der Waals surface area contributed by atoms with E-state index in [1.165, 1.54) is 0 Å². The van der Waals surface area contributed by atoms with Crippen LogP contribution < -0.4 is 10.7 Å². The van der Waals surface area contributed by atoms with Gasteiger partial charge in [-0.3, -0.25) is 4.79 Å². The quantitative estimate of drug-likeness (QED) is 0.386. The Morgan fingerprint density at radius 2 is 1.64 bits per heavy atom. The first-order chi connectivity index (χ1) is 16.6. The molecule has 2 aromatic carbocycles. The Morgan fingerprint density at radius 3 is 2.11 bits per heavy atom. The summed E-state index contributed by atoms with van der Waals surface area (Å²) in [6, 6.07) is 1.17. The minimum atomic E-state index is -5.00. The van der Waals surface area contributed by atoms with Gasteiger partial charge in [-0.15, -0.1) is 0 Å². The van der Waals surface area contributed by atoms with Crippen LogP contribution in [0, 0.1) is 22.9 Å². The van der Waals surface area contributed by atoms with Crippen LogP contribution in [0.4, 0.5) is 32.0 Å². The number of aliphatic hydroxyl groups is 1. The van der Waals surface area contributed by atoms with E-state index in [0.717, 1.165) is 16.8 Å². The maximum atomic E-state index is 14.0. The smallest absolute Gasteiger partial charge is 0.418 e. The number of carbonyl (C=O) groups is 1. The molecule has 194 valence electrons. The summed E-state index contributed by atoms with van der Waals surface area (Å²) in [7, 11) is 0. The second kappa shape index (κ2) is 9.49. The molecule has 0 unspecified atom stereocenters. The van der Waals surface area contributed by atoms with E-state index in [1.54, 1.807) is 20.8 Å². The van der Waals surface area contributed by atoms with E-state index >= 15 is 0 Å². The number of aromatic nitrogens is 1. The normalized spacial score (nSPS) is 13.2. The molecule has 0 bridgehead atoms. The number of hydrogen-bond acceptors (Lipinski definition) is 4. The Morgan fingerprint density at radius 1 is 1.06 bits per heavy atom. The Kier molecular flexibility index (Phi) is 7.13. The van der Waals surface area contributed by atoms with Crippen LogP contribution in [0.3, 0.4) is 0 Å². The average molecular weight is 516 g/mol. The van der Waals surface area contributed by atoms with Crippen LogP contribution in [0.5, 0.6) is 0 Å². The second-order valence-corrected chi connectivity index (χ2v) is 9.26. The molecule has 6 nitrogen and oxygen atoms in total. The van der Waals surface area contributed by atoms with Crippen LogP contribution in [-0.2, 0) is 12.7 Å². The maximum Gasteiger partial charge on any atom is 0.418 e. The molecule has 1 atom stereocenters. The van der Waals surface area contributed by atoms with Gasteiger partial charge in [-0.05, 0) is 17.5 Å². The van der Waals surface area contributed by atoms with Gasteiger partial charge in [0.05, 0.1) is 23.7 Å². The molecule has 0 fully saturated rings. The van der Waals surface area contributed by atoms with Crippen LogP contribution in [-0.4, -0.2) is 27.4 Å². The number of benzene rings is 2. The molecular formula is C24H22F6N2O4. The van der Waals surface area contributed by atoms with Gasteiger partial charge in [0, 0.05) is 41.5 Å². The lowest BCUT2D eigenvalue weighted by molar-refractivity contribution is -0.136. The summed E-state index contributed by atoms with van der Waals surface area (Å²) < 4.78 is 84.3. The van der Waals surface area contributed by atoms with E-state index in [-0.39, 0.29) is 5.52 Å². The molecule has 3 N–H and O–H groups in total. The molecule has 36 heavy (non-hydrogen) atoms. The van der Waals surface area contributed by atoms with E-state index in [0.29, 0.717) is 18.2 Å². The fourth-order valence-electron chi connectivity index (χ4n) is 3.89. The van der Waals surface area contributed by atoms with Crippen molar-refractivity contribution in [3.63, 3.8) is 0 Å². The summed E-state index contributed by atoms with van der Waals surface area (Å²) in [6.45, 7) is 3.60. The largest absolute Gasteiger partial charge is 0.477 e. The summed E-state index contributed by atoms with van der Waals surface area (Å²) in [6.07, 6.45) is -4.12. The Labute approximate surface area is 200 Å². The summed E-state index contributed by atoms with van der Waals surface area (Å²) in [5.74, 6) is -5.51. The third-order valence-corrected chi connectivity index (χ3v) is 5.78. The van der Waals surface area contributed by atoms with Gasteiger partial charge >= 0.3 is 12.1 Å². The number of carboxylic acids is 1. The van der Waals surface area contributed by atoms with Crippen LogP contribution in [0.1, 0.15) is 48.3 Å². The number of rotatable bonds is 6.